The Labute approximate surface area is 259 Å². The Morgan fingerprint density at radius 2 is 1.29 bits per heavy atom. The highest BCUT2D eigenvalue weighted by molar-refractivity contribution is 5.94. The molecule has 0 aliphatic heterocycles. The number of carbonyl (C=O) groups is 2. The van der Waals surface area contributed by atoms with E-state index in [-0.39, 0.29) is 43.9 Å². The van der Waals surface area contributed by atoms with Crippen molar-refractivity contribution in [3.8, 4) is 5.75 Å². The minimum Gasteiger partial charge on any atom is -0.490 e. The minimum atomic E-state index is -0.902. The molecule has 1 unspecified atom stereocenters. The minimum absolute atomic E-state index is 0.00485. The summed E-state index contributed by atoms with van der Waals surface area (Å²) >= 11 is 0. The van der Waals surface area contributed by atoms with Gasteiger partial charge in [0.1, 0.15) is 25.6 Å². The highest BCUT2D eigenvalue weighted by Crippen LogP contribution is 2.17. The van der Waals surface area contributed by atoms with Crippen LogP contribution in [0.2, 0.25) is 0 Å². The number of hydrogen-bond donors (Lipinski definition) is 0. The van der Waals surface area contributed by atoms with Crippen LogP contribution in [0.1, 0.15) is 51.3 Å². The molecule has 14 heteroatoms. The van der Waals surface area contributed by atoms with Crippen LogP contribution in [0.4, 0.5) is 0 Å². The fourth-order valence-electron chi connectivity index (χ4n) is 4.15. The van der Waals surface area contributed by atoms with E-state index in [9.17, 15) is 29.8 Å². The molecule has 0 spiro atoms. The van der Waals surface area contributed by atoms with Gasteiger partial charge in [-0.2, -0.15) is 0 Å². The van der Waals surface area contributed by atoms with Crippen LogP contribution in [0.5, 0.6) is 5.75 Å². The van der Waals surface area contributed by atoms with E-state index >= 15 is 0 Å². The third kappa shape index (κ3) is 11.4. The standard InChI is InChI=1S/C31H35N3O11/c1-22(2)32(30(35)26-10-4-24(5-11-26)19-43-33(37)38)18-29(21-42-28-14-8-23(9-15-28)16-17-41-3)45-31(36)27-12-6-25(7-13-27)20-44-34(39)40/h4-15,22,29H,16-21H2,1-3H3. The number of methoxy groups -OCH3 is 1. The summed E-state index contributed by atoms with van der Waals surface area (Å²) in [4.78, 5) is 57.9. The van der Waals surface area contributed by atoms with Crippen molar-refractivity contribution in [1.82, 2.24) is 4.90 Å². The van der Waals surface area contributed by atoms with Crippen molar-refractivity contribution in [2.75, 3.05) is 26.9 Å². The van der Waals surface area contributed by atoms with E-state index in [0.29, 0.717) is 29.0 Å². The van der Waals surface area contributed by atoms with Gasteiger partial charge in [-0.25, -0.2) is 4.79 Å². The normalized spacial score (nSPS) is 11.4. The number of hydrogen-bond acceptors (Lipinski definition) is 11. The molecule has 0 aliphatic carbocycles. The molecule has 0 heterocycles. The zero-order valence-electron chi connectivity index (χ0n) is 25.2. The van der Waals surface area contributed by atoms with Crippen LogP contribution in [0.25, 0.3) is 0 Å². The van der Waals surface area contributed by atoms with Crippen LogP contribution >= 0.6 is 0 Å². The molecule has 14 nitrogen and oxygen atoms in total. The van der Waals surface area contributed by atoms with Crippen LogP contribution < -0.4 is 4.74 Å². The first kappa shape index (κ1) is 34.3. The van der Waals surface area contributed by atoms with Gasteiger partial charge in [0.15, 0.2) is 6.10 Å². The van der Waals surface area contributed by atoms with Crippen molar-refractivity contribution in [2.24, 2.45) is 0 Å². The summed E-state index contributed by atoms with van der Waals surface area (Å²) in [6.07, 6.45) is -0.148. The maximum absolute atomic E-state index is 13.5. The van der Waals surface area contributed by atoms with E-state index in [1.165, 1.54) is 29.2 Å². The van der Waals surface area contributed by atoms with E-state index in [1.807, 2.05) is 26.0 Å². The predicted molar refractivity (Wildman–Crippen MR) is 159 cm³/mol. The largest absolute Gasteiger partial charge is 0.490 e. The summed E-state index contributed by atoms with van der Waals surface area (Å²) in [5.41, 5.74) is 2.60. The van der Waals surface area contributed by atoms with Crippen molar-refractivity contribution in [2.45, 2.75) is 45.6 Å². The molecule has 0 aromatic heterocycles. The summed E-state index contributed by atoms with van der Waals surface area (Å²) < 4.78 is 16.9. The van der Waals surface area contributed by atoms with Crippen molar-refractivity contribution in [3.05, 3.63) is 121 Å². The second-order valence-electron chi connectivity index (χ2n) is 10.2. The number of rotatable bonds is 18. The summed E-state index contributed by atoms with van der Waals surface area (Å²) in [5.74, 6) is -0.473. The second-order valence-corrected chi connectivity index (χ2v) is 10.2. The summed E-state index contributed by atoms with van der Waals surface area (Å²) in [5, 5.41) is 19.2. The van der Waals surface area contributed by atoms with E-state index in [2.05, 4.69) is 9.68 Å². The van der Waals surface area contributed by atoms with Crippen LogP contribution in [0, 0.1) is 20.2 Å². The van der Waals surface area contributed by atoms with Gasteiger partial charge in [-0.15, -0.1) is 20.2 Å². The van der Waals surface area contributed by atoms with E-state index < -0.39 is 22.2 Å². The van der Waals surface area contributed by atoms with Gasteiger partial charge < -0.3 is 28.8 Å². The maximum atomic E-state index is 13.5. The topological polar surface area (TPSA) is 170 Å². The monoisotopic (exact) mass is 625 g/mol. The van der Waals surface area contributed by atoms with E-state index in [4.69, 9.17) is 14.2 Å². The zero-order chi connectivity index (χ0) is 32.8. The number of benzene rings is 3. The Morgan fingerprint density at radius 3 is 1.78 bits per heavy atom. The van der Waals surface area contributed by atoms with Crippen LogP contribution in [0.15, 0.2) is 72.8 Å². The zero-order valence-corrected chi connectivity index (χ0v) is 25.2. The highest BCUT2D eigenvalue weighted by Gasteiger charge is 2.26. The Bertz CT molecular complexity index is 1410. The van der Waals surface area contributed by atoms with Crippen molar-refractivity contribution in [1.29, 1.82) is 0 Å². The lowest BCUT2D eigenvalue weighted by molar-refractivity contribution is -0.763. The molecule has 0 fully saturated rings. The molecule has 0 aliphatic rings. The van der Waals surface area contributed by atoms with Gasteiger partial charge in [0.25, 0.3) is 16.1 Å². The molecule has 1 atom stereocenters. The molecule has 3 aromatic carbocycles. The SMILES string of the molecule is COCCc1ccc(OCC(CN(C(=O)c2ccc(CO[N+](=O)[O-])cc2)C(C)C)OC(=O)c2ccc(CO[N+](=O)[O-])cc2)cc1. The highest BCUT2D eigenvalue weighted by atomic mass is 17.0. The molecule has 0 radical (unpaired) electrons. The predicted octanol–water partition coefficient (Wildman–Crippen LogP) is 4.45. The molecule has 3 aromatic rings. The smallest absolute Gasteiger partial charge is 0.338 e. The van der Waals surface area contributed by atoms with E-state index in [1.54, 1.807) is 43.5 Å². The summed E-state index contributed by atoms with van der Waals surface area (Å²) in [7, 11) is 1.63. The fourth-order valence-corrected chi connectivity index (χ4v) is 4.15. The molecule has 3 rings (SSSR count). The molecule has 0 saturated heterocycles. The Kier molecular flexibility index (Phi) is 13.1. The molecule has 0 bridgehead atoms. The maximum Gasteiger partial charge on any atom is 0.338 e. The van der Waals surface area contributed by atoms with Crippen molar-refractivity contribution in [3.63, 3.8) is 0 Å². The van der Waals surface area contributed by atoms with Gasteiger partial charge in [0, 0.05) is 18.7 Å². The third-order valence-corrected chi connectivity index (χ3v) is 6.58. The lowest BCUT2D eigenvalue weighted by atomic mass is 10.1. The quantitative estimate of drug-likeness (QED) is 0.111. The molecular formula is C31H35N3O11. The Hall–Kier alpha value is -5.24. The van der Waals surface area contributed by atoms with Gasteiger partial charge in [0.2, 0.25) is 0 Å². The lowest BCUT2D eigenvalue weighted by Gasteiger charge is -2.31. The first-order chi connectivity index (χ1) is 21.5. The van der Waals surface area contributed by atoms with Crippen LogP contribution in [-0.4, -0.2) is 66.0 Å². The van der Waals surface area contributed by atoms with Gasteiger partial charge >= 0.3 is 5.97 Å². The van der Waals surface area contributed by atoms with Crippen molar-refractivity contribution >= 4 is 11.9 Å². The Morgan fingerprint density at radius 1 is 0.778 bits per heavy atom. The van der Waals surface area contributed by atoms with Gasteiger partial charge in [-0.3, -0.25) is 4.79 Å². The third-order valence-electron chi connectivity index (χ3n) is 6.58. The average Bonchev–Trinajstić information content (AvgIpc) is 3.03. The van der Waals surface area contributed by atoms with Crippen molar-refractivity contribution < 1.29 is 43.6 Å². The van der Waals surface area contributed by atoms with Gasteiger partial charge in [-0.1, -0.05) is 36.4 Å². The van der Waals surface area contributed by atoms with Gasteiger partial charge in [-0.05, 0) is 73.4 Å². The molecular weight excluding hydrogens is 590 g/mol. The molecule has 240 valence electrons. The number of esters is 1. The molecule has 1 amide bonds. The van der Waals surface area contributed by atoms with Crippen LogP contribution in [0.3, 0.4) is 0 Å². The van der Waals surface area contributed by atoms with Gasteiger partial charge in [0.05, 0.1) is 18.7 Å². The molecule has 45 heavy (non-hydrogen) atoms. The first-order valence-corrected chi connectivity index (χ1v) is 14.0. The first-order valence-electron chi connectivity index (χ1n) is 14.0. The number of nitrogens with zero attached hydrogens (tertiary/aromatic N) is 3. The lowest BCUT2D eigenvalue weighted by Crippen LogP contribution is -2.45. The fraction of sp³-hybridized carbons (Fsp3) is 0.355. The number of amides is 1. The van der Waals surface area contributed by atoms with E-state index in [0.717, 1.165) is 12.0 Å². The molecule has 0 N–H and O–H groups in total. The number of ether oxygens (including phenoxy) is 3. The van der Waals surface area contributed by atoms with Crippen LogP contribution in [-0.2, 0) is 38.8 Å². The average molecular weight is 626 g/mol. The number of carbonyl (C=O) groups excluding carboxylic acids is 2. The summed E-state index contributed by atoms with van der Waals surface area (Å²) in [6.45, 7) is 3.64. The second kappa shape index (κ2) is 17.2. The molecule has 0 saturated carbocycles. The summed E-state index contributed by atoms with van der Waals surface area (Å²) in [6, 6.07) is 19.3. The Balaban J connectivity index is 1.76.